The van der Waals surface area contributed by atoms with Crippen molar-refractivity contribution >= 4 is 16.0 Å². The van der Waals surface area contributed by atoms with Crippen LogP contribution in [0.1, 0.15) is 13.3 Å². The minimum absolute atomic E-state index is 0.205. The Balaban J connectivity index is 6.03. The van der Waals surface area contributed by atoms with Gasteiger partial charge in [0.25, 0.3) is 0 Å². The van der Waals surface area contributed by atoms with Crippen LogP contribution in [0, 0.1) is 0 Å². The van der Waals surface area contributed by atoms with Crippen LogP contribution >= 0.6 is 0 Å². The molecule has 19 heteroatoms. The van der Waals surface area contributed by atoms with E-state index in [0.717, 1.165) is 13.0 Å². The third kappa shape index (κ3) is 5.65. The summed E-state index contributed by atoms with van der Waals surface area (Å²) in [6.45, 7) is 0.0812. The first-order chi connectivity index (χ1) is 14.2. The Morgan fingerprint density at radius 3 is 1.58 bits per heavy atom. The smallest absolute Gasteiger partial charge is 0.460 e. The van der Waals surface area contributed by atoms with Crippen LogP contribution in [0.15, 0.2) is 11.6 Å². The van der Waals surface area contributed by atoms with E-state index in [1.807, 2.05) is 0 Å². The Hall–Kier alpha value is -1.79. The van der Waals surface area contributed by atoms with Crippen LogP contribution in [0.25, 0.3) is 0 Å². The van der Waals surface area contributed by atoms with Gasteiger partial charge in [0.15, 0.2) is 0 Å². The van der Waals surface area contributed by atoms with E-state index >= 15 is 0 Å². The summed E-state index contributed by atoms with van der Waals surface area (Å²) in [5.41, 5.74) is -0.384. The molecule has 0 atom stereocenters. The molecule has 0 spiro atoms. The van der Waals surface area contributed by atoms with Crippen molar-refractivity contribution < 1.29 is 75.4 Å². The van der Waals surface area contributed by atoms with Gasteiger partial charge in [0, 0.05) is 19.2 Å². The Morgan fingerprint density at radius 1 is 0.818 bits per heavy atom. The van der Waals surface area contributed by atoms with Crippen LogP contribution in [0.4, 0.5) is 57.1 Å². The summed E-state index contributed by atoms with van der Waals surface area (Å²) in [6.07, 6.45) is -7.30. The van der Waals surface area contributed by atoms with Crippen LogP contribution in [0.3, 0.4) is 0 Å². The third-order valence-corrected chi connectivity index (χ3v) is 5.93. The predicted molar refractivity (Wildman–Crippen MR) is 83.2 cm³/mol. The summed E-state index contributed by atoms with van der Waals surface area (Å²) in [5, 5.41) is 8.56. The standard InChI is InChI=1S/C14H14F13NO4S/c1-7(8(29)30)4-3-5-28(2)33(31,32)6-9(15,16)10(17,18)11(19,20)12(21,22)13(23,24)14(25,26)27/h4H,3,5-6H2,1-2H3,(H,29,30). The lowest BCUT2D eigenvalue weighted by molar-refractivity contribution is -0.438. The lowest BCUT2D eigenvalue weighted by Gasteiger charge is -2.39. The van der Waals surface area contributed by atoms with Crippen molar-refractivity contribution in [1.82, 2.24) is 4.31 Å². The van der Waals surface area contributed by atoms with Gasteiger partial charge >= 0.3 is 41.8 Å². The highest BCUT2D eigenvalue weighted by Crippen LogP contribution is 2.60. The molecule has 1 N–H and O–H groups in total. The Morgan fingerprint density at radius 2 is 1.21 bits per heavy atom. The molecule has 196 valence electrons. The highest BCUT2D eigenvalue weighted by molar-refractivity contribution is 7.89. The number of rotatable bonds is 11. The van der Waals surface area contributed by atoms with Crippen LogP contribution in [-0.4, -0.2) is 78.9 Å². The third-order valence-electron chi connectivity index (χ3n) is 4.07. The second-order valence-electron chi connectivity index (χ2n) is 6.56. The largest absolute Gasteiger partial charge is 0.478 e. The molecule has 0 aliphatic heterocycles. The summed E-state index contributed by atoms with van der Waals surface area (Å²) in [4.78, 5) is 10.5. The molecule has 0 radical (unpaired) electrons. The van der Waals surface area contributed by atoms with Gasteiger partial charge in [-0.2, -0.15) is 57.1 Å². The first-order valence-electron chi connectivity index (χ1n) is 8.00. The first kappa shape index (κ1) is 31.2. The fourth-order valence-corrected chi connectivity index (χ4v) is 3.16. The van der Waals surface area contributed by atoms with E-state index in [1.165, 1.54) is 0 Å². The van der Waals surface area contributed by atoms with Gasteiger partial charge < -0.3 is 5.11 Å². The number of hydrogen-bond donors (Lipinski definition) is 1. The zero-order valence-corrected chi connectivity index (χ0v) is 17.0. The zero-order chi connectivity index (χ0) is 27.1. The average molecular weight is 539 g/mol. The van der Waals surface area contributed by atoms with Crippen molar-refractivity contribution in [3.8, 4) is 0 Å². The van der Waals surface area contributed by atoms with Crippen molar-refractivity contribution in [3.63, 3.8) is 0 Å². The van der Waals surface area contributed by atoms with Crippen LogP contribution in [0.5, 0.6) is 0 Å². The van der Waals surface area contributed by atoms with E-state index < -0.39 is 70.5 Å². The van der Waals surface area contributed by atoms with Crippen molar-refractivity contribution in [2.75, 3.05) is 19.3 Å². The summed E-state index contributed by atoms with van der Waals surface area (Å²) in [6, 6.07) is 0. The number of carboxylic acid groups (broad SMARTS) is 1. The molecular formula is C14H14F13NO4S. The lowest BCUT2D eigenvalue weighted by Crippen LogP contribution is -2.71. The van der Waals surface area contributed by atoms with Gasteiger partial charge in [0.2, 0.25) is 10.0 Å². The van der Waals surface area contributed by atoms with E-state index in [1.54, 1.807) is 0 Å². The predicted octanol–water partition coefficient (Wildman–Crippen LogP) is 4.41. The summed E-state index contributed by atoms with van der Waals surface area (Å²) in [5.74, 6) is -43.5. The molecule has 0 rings (SSSR count). The Bertz CT molecular complexity index is 865. The number of aliphatic carboxylic acids is 1. The van der Waals surface area contributed by atoms with E-state index in [4.69, 9.17) is 5.11 Å². The van der Waals surface area contributed by atoms with Gasteiger partial charge in [-0.05, 0) is 13.3 Å². The highest BCUT2D eigenvalue weighted by Gasteiger charge is 2.90. The molecule has 0 aromatic heterocycles. The van der Waals surface area contributed by atoms with Crippen molar-refractivity contribution in [3.05, 3.63) is 11.6 Å². The monoisotopic (exact) mass is 539 g/mol. The number of halogens is 13. The highest BCUT2D eigenvalue weighted by atomic mass is 32.2. The van der Waals surface area contributed by atoms with Crippen molar-refractivity contribution in [2.45, 2.75) is 49.1 Å². The molecule has 0 aromatic carbocycles. The van der Waals surface area contributed by atoms with E-state index in [9.17, 15) is 70.3 Å². The fraction of sp³-hybridized carbons (Fsp3) is 0.786. The zero-order valence-electron chi connectivity index (χ0n) is 16.1. The number of carbonyl (C=O) groups is 1. The minimum Gasteiger partial charge on any atom is -0.478 e. The Kier molecular flexibility index (Phi) is 8.61. The molecule has 0 aromatic rings. The number of alkyl halides is 13. The van der Waals surface area contributed by atoms with Crippen molar-refractivity contribution in [2.24, 2.45) is 0 Å². The minimum atomic E-state index is -8.13. The number of carboxylic acids is 1. The van der Waals surface area contributed by atoms with Crippen LogP contribution in [-0.2, 0) is 14.8 Å². The van der Waals surface area contributed by atoms with Crippen LogP contribution < -0.4 is 0 Å². The normalized spacial score (nSPS) is 15.8. The van der Waals surface area contributed by atoms with Crippen LogP contribution in [0.2, 0.25) is 0 Å². The SMILES string of the molecule is CC(=CCCN(C)S(=O)(=O)CC(F)(F)C(F)(F)C(F)(F)C(F)(F)C(F)(F)C(F)(F)F)C(=O)O. The molecular weight excluding hydrogens is 525 g/mol. The van der Waals surface area contributed by atoms with E-state index in [2.05, 4.69) is 0 Å². The van der Waals surface area contributed by atoms with Gasteiger partial charge in [-0.3, -0.25) is 0 Å². The lowest BCUT2D eigenvalue weighted by atomic mass is 9.94. The maximum absolute atomic E-state index is 13.7. The number of hydrogen-bond acceptors (Lipinski definition) is 3. The summed E-state index contributed by atoms with van der Waals surface area (Å²) in [7, 11) is -5.35. The quantitative estimate of drug-likeness (QED) is 0.312. The molecule has 0 aliphatic rings. The van der Waals surface area contributed by atoms with Gasteiger partial charge in [0.1, 0.15) is 5.75 Å². The van der Waals surface area contributed by atoms with Gasteiger partial charge in [-0.1, -0.05) is 6.08 Å². The van der Waals surface area contributed by atoms with Crippen molar-refractivity contribution in [1.29, 1.82) is 0 Å². The summed E-state index contributed by atoms with van der Waals surface area (Å²) < 4.78 is 193. The first-order valence-corrected chi connectivity index (χ1v) is 9.61. The average Bonchev–Trinajstić information content (AvgIpc) is 2.58. The maximum Gasteiger partial charge on any atom is 0.460 e. The second-order valence-corrected chi connectivity index (χ2v) is 8.63. The fourth-order valence-electron chi connectivity index (χ4n) is 1.92. The molecule has 0 fully saturated rings. The summed E-state index contributed by atoms with van der Waals surface area (Å²) >= 11 is 0. The second kappa shape index (κ2) is 9.10. The number of sulfonamides is 1. The van der Waals surface area contributed by atoms with Gasteiger partial charge in [-0.15, -0.1) is 0 Å². The molecule has 0 saturated carbocycles. The molecule has 0 aliphatic carbocycles. The van der Waals surface area contributed by atoms with E-state index in [-0.39, 0.29) is 9.88 Å². The molecule has 0 heterocycles. The molecule has 5 nitrogen and oxygen atoms in total. The van der Waals surface area contributed by atoms with Gasteiger partial charge in [-0.25, -0.2) is 17.5 Å². The molecule has 0 saturated heterocycles. The maximum atomic E-state index is 13.7. The van der Waals surface area contributed by atoms with E-state index in [0.29, 0.717) is 7.05 Å². The van der Waals surface area contributed by atoms with Gasteiger partial charge in [0.05, 0.1) is 0 Å². The molecule has 0 amide bonds. The molecule has 0 unspecified atom stereocenters. The number of nitrogens with zero attached hydrogens (tertiary/aromatic N) is 1. The Labute approximate surface area is 176 Å². The molecule has 33 heavy (non-hydrogen) atoms. The molecule has 0 bridgehead atoms. The topological polar surface area (TPSA) is 74.7 Å².